The van der Waals surface area contributed by atoms with Gasteiger partial charge in [0, 0.05) is 19.1 Å². The summed E-state index contributed by atoms with van der Waals surface area (Å²) in [5, 5.41) is 9.13. The molecule has 0 aliphatic carbocycles. The maximum absolute atomic E-state index is 9.13. The van der Waals surface area contributed by atoms with Gasteiger partial charge in [-0.15, -0.1) is 6.58 Å². The Balaban J connectivity index is 3.09. The van der Waals surface area contributed by atoms with Crippen LogP contribution in [0, 0.1) is 5.92 Å². The van der Waals surface area contributed by atoms with Crippen LogP contribution in [0.25, 0.3) is 0 Å². The fourth-order valence-corrected chi connectivity index (χ4v) is 2.73. The van der Waals surface area contributed by atoms with E-state index in [1.807, 2.05) is 6.08 Å². The van der Waals surface area contributed by atoms with Gasteiger partial charge in [0.25, 0.3) is 0 Å². The van der Waals surface area contributed by atoms with Crippen molar-refractivity contribution in [2.24, 2.45) is 5.92 Å². The molecular formula is C20H40O2. The van der Waals surface area contributed by atoms with Crippen molar-refractivity contribution in [2.45, 2.75) is 90.4 Å². The van der Waals surface area contributed by atoms with Crippen LogP contribution < -0.4 is 0 Å². The minimum Gasteiger partial charge on any atom is -0.396 e. The molecule has 2 heteroatoms. The summed E-state index contributed by atoms with van der Waals surface area (Å²) in [6, 6.07) is 0. The van der Waals surface area contributed by atoms with Gasteiger partial charge in [-0.2, -0.15) is 0 Å². The van der Waals surface area contributed by atoms with Gasteiger partial charge in [0.15, 0.2) is 0 Å². The lowest BCUT2D eigenvalue weighted by atomic mass is 10.1. The highest BCUT2D eigenvalue weighted by atomic mass is 16.5. The Labute approximate surface area is 139 Å². The third-order valence-corrected chi connectivity index (χ3v) is 4.25. The minimum absolute atomic E-state index is 0.199. The zero-order chi connectivity index (χ0) is 16.3. The van der Waals surface area contributed by atoms with E-state index in [9.17, 15) is 0 Å². The van der Waals surface area contributed by atoms with E-state index in [0.717, 1.165) is 19.4 Å². The second-order valence-electron chi connectivity index (χ2n) is 6.54. The smallest absolute Gasteiger partial charge is 0.0519 e. The van der Waals surface area contributed by atoms with E-state index in [1.54, 1.807) is 0 Å². The van der Waals surface area contributed by atoms with Gasteiger partial charge in [-0.1, -0.05) is 83.6 Å². The molecule has 0 spiro atoms. The highest BCUT2D eigenvalue weighted by molar-refractivity contribution is 4.72. The Hall–Kier alpha value is -0.340. The van der Waals surface area contributed by atoms with Crippen molar-refractivity contribution in [3.8, 4) is 0 Å². The van der Waals surface area contributed by atoms with Gasteiger partial charge in [0.1, 0.15) is 0 Å². The molecule has 0 radical (unpaired) electrons. The van der Waals surface area contributed by atoms with Crippen LogP contribution in [0.3, 0.4) is 0 Å². The fraction of sp³-hybridized carbons (Fsp3) is 0.900. The zero-order valence-corrected chi connectivity index (χ0v) is 15.0. The van der Waals surface area contributed by atoms with Crippen LogP contribution in [0.5, 0.6) is 0 Å². The number of aliphatic hydroxyl groups is 1. The van der Waals surface area contributed by atoms with Gasteiger partial charge in [0.05, 0.1) is 6.61 Å². The summed E-state index contributed by atoms with van der Waals surface area (Å²) in [6.07, 6.45) is 19.2. The Morgan fingerprint density at radius 2 is 1.36 bits per heavy atom. The van der Waals surface area contributed by atoms with Crippen molar-refractivity contribution in [1.82, 2.24) is 0 Å². The van der Waals surface area contributed by atoms with Crippen LogP contribution in [-0.4, -0.2) is 24.9 Å². The lowest BCUT2D eigenvalue weighted by Crippen LogP contribution is -2.13. The molecular weight excluding hydrogens is 272 g/mol. The Bertz CT molecular complexity index is 216. The van der Waals surface area contributed by atoms with Gasteiger partial charge in [-0.05, 0) is 12.8 Å². The van der Waals surface area contributed by atoms with Gasteiger partial charge < -0.3 is 9.84 Å². The number of aliphatic hydroxyl groups excluding tert-OH is 1. The third-order valence-electron chi connectivity index (χ3n) is 4.25. The molecule has 0 aromatic carbocycles. The largest absolute Gasteiger partial charge is 0.396 e. The highest BCUT2D eigenvalue weighted by Crippen LogP contribution is 2.12. The second kappa shape index (κ2) is 18.7. The van der Waals surface area contributed by atoms with Gasteiger partial charge in [-0.3, -0.25) is 0 Å². The average Bonchev–Trinajstić information content (AvgIpc) is 2.54. The molecule has 0 unspecified atom stereocenters. The lowest BCUT2D eigenvalue weighted by molar-refractivity contribution is 0.0717. The average molecular weight is 313 g/mol. The molecule has 0 amide bonds. The van der Waals surface area contributed by atoms with E-state index >= 15 is 0 Å². The van der Waals surface area contributed by atoms with Crippen molar-refractivity contribution in [3.05, 3.63) is 12.7 Å². The molecule has 0 rings (SSSR count). The van der Waals surface area contributed by atoms with Crippen molar-refractivity contribution in [1.29, 1.82) is 0 Å². The molecule has 1 atom stereocenters. The summed E-state index contributed by atoms with van der Waals surface area (Å²) in [6.45, 7) is 7.68. The van der Waals surface area contributed by atoms with Crippen LogP contribution in [0.15, 0.2) is 12.7 Å². The molecule has 0 saturated heterocycles. The summed E-state index contributed by atoms with van der Waals surface area (Å²) in [5.74, 6) is 0.231. The van der Waals surface area contributed by atoms with Gasteiger partial charge >= 0.3 is 0 Å². The minimum atomic E-state index is 0.199. The van der Waals surface area contributed by atoms with E-state index < -0.39 is 0 Å². The first-order valence-electron chi connectivity index (χ1n) is 9.64. The van der Waals surface area contributed by atoms with Crippen molar-refractivity contribution in [2.75, 3.05) is 19.8 Å². The zero-order valence-electron chi connectivity index (χ0n) is 15.0. The maximum atomic E-state index is 9.13. The third kappa shape index (κ3) is 16.0. The van der Waals surface area contributed by atoms with E-state index in [0.29, 0.717) is 6.61 Å². The molecule has 0 aliphatic heterocycles. The van der Waals surface area contributed by atoms with Crippen LogP contribution in [0.4, 0.5) is 0 Å². The van der Waals surface area contributed by atoms with Crippen molar-refractivity contribution >= 4 is 0 Å². The SMILES string of the molecule is C=CC[C@@H](CO)COCCCCCCCCCCCCCC. The van der Waals surface area contributed by atoms with E-state index in [2.05, 4.69) is 13.5 Å². The predicted octanol–water partition coefficient (Wildman–Crippen LogP) is 5.89. The number of rotatable bonds is 18. The highest BCUT2D eigenvalue weighted by Gasteiger charge is 2.04. The summed E-state index contributed by atoms with van der Waals surface area (Å²) in [4.78, 5) is 0. The molecule has 0 saturated carbocycles. The van der Waals surface area contributed by atoms with Crippen LogP contribution in [0.1, 0.15) is 90.4 Å². The van der Waals surface area contributed by atoms with Crippen molar-refractivity contribution in [3.63, 3.8) is 0 Å². The van der Waals surface area contributed by atoms with Crippen LogP contribution in [-0.2, 0) is 4.74 Å². The quantitative estimate of drug-likeness (QED) is 0.253. The normalized spacial score (nSPS) is 12.5. The topological polar surface area (TPSA) is 29.5 Å². The number of unbranched alkanes of at least 4 members (excludes halogenated alkanes) is 11. The number of hydrogen-bond donors (Lipinski definition) is 1. The molecule has 0 bridgehead atoms. The van der Waals surface area contributed by atoms with Crippen LogP contribution in [0.2, 0.25) is 0 Å². The molecule has 132 valence electrons. The van der Waals surface area contributed by atoms with E-state index in [-0.39, 0.29) is 12.5 Å². The summed E-state index contributed by atoms with van der Waals surface area (Å²) < 4.78 is 5.62. The van der Waals surface area contributed by atoms with E-state index in [1.165, 1.54) is 70.6 Å². The number of allylic oxidation sites excluding steroid dienone is 1. The van der Waals surface area contributed by atoms with Crippen molar-refractivity contribution < 1.29 is 9.84 Å². The molecule has 22 heavy (non-hydrogen) atoms. The first kappa shape index (κ1) is 21.7. The Morgan fingerprint density at radius 1 is 0.864 bits per heavy atom. The van der Waals surface area contributed by atoms with Gasteiger partial charge in [0.2, 0.25) is 0 Å². The summed E-state index contributed by atoms with van der Waals surface area (Å²) in [7, 11) is 0. The Kier molecular flexibility index (Phi) is 18.4. The molecule has 2 nitrogen and oxygen atoms in total. The monoisotopic (exact) mass is 312 g/mol. The first-order chi connectivity index (χ1) is 10.8. The first-order valence-corrected chi connectivity index (χ1v) is 9.64. The van der Waals surface area contributed by atoms with Crippen LogP contribution >= 0.6 is 0 Å². The number of ether oxygens (including phenoxy) is 1. The van der Waals surface area contributed by atoms with E-state index in [4.69, 9.17) is 9.84 Å². The Morgan fingerprint density at radius 3 is 1.82 bits per heavy atom. The second-order valence-corrected chi connectivity index (χ2v) is 6.54. The molecule has 1 N–H and O–H groups in total. The molecule has 0 aromatic heterocycles. The molecule has 0 aromatic rings. The van der Waals surface area contributed by atoms with Gasteiger partial charge in [-0.25, -0.2) is 0 Å². The molecule has 0 heterocycles. The summed E-state index contributed by atoms with van der Waals surface area (Å²) >= 11 is 0. The molecule has 0 fully saturated rings. The standard InChI is InChI=1S/C20H40O2/c1-3-5-6-7-8-9-10-11-12-13-14-15-17-22-19-20(18-21)16-4-2/h4,20-21H,2-3,5-19H2,1H3/t20-/m0/s1. The predicted molar refractivity (Wildman–Crippen MR) is 97.3 cm³/mol. The molecule has 0 aliphatic rings. The number of hydrogen-bond acceptors (Lipinski definition) is 2. The summed E-state index contributed by atoms with van der Waals surface area (Å²) in [5.41, 5.74) is 0. The fourth-order valence-electron chi connectivity index (χ4n) is 2.73. The lowest BCUT2D eigenvalue weighted by Gasteiger charge is -2.12. The maximum Gasteiger partial charge on any atom is 0.0519 e.